The second-order valence-electron chi connectivity index (χ2n) is 5.93. The fourth-order valence-corrected chi connectivity index (χ4v) is 3.00. The number of piperidine rings is 1. The van der Waals surface area contributed by atoms with E-state index in [-0.39, 0.29) is 12.5 Å². The minimum atomic E-state index is -0.117. The van der Waals surface area contributed by atoms with Gasteiger partial charge in [0.15, 0.2) is 6.61 Å². The summed E-state index contributed by atoms with van der Waals surface area (Å²) in [4.78, 5) is 13.8. The molecule has 108 valence electrons. The van der Waals surface area contributed by atoms with E-state index in [1.807, 2.05) is 12.1 Å². The van der Waals surface area contributed by atoms with Crippen LogP contribution < -0.4 is 20.7 Å². The first-order valence-corrected chi connectivity index (χ1v) is 7.17. The van der Waals surface area contributed by atoms with Crippen LogP contribution in [-0.4, -0.2) is 25.1 Å². The maximum Gasteiger partial charge on any atom is 0.262 e. The summed E-state index contributed by atoms with van der Waals surface area (Å²) < 4.78 is 5.40. The Hall–Kier alpha value is -1.91. The van der Waals surface area contributed by atoms with E-state index >= 15 is 0 Å². The van der Waals surface area contributed by atoms with Gasteiger partial charge in [-0.15, -0.1) is 0 Å². The first-order chi connectivity index (χ1) is 9.54. The summed E-state index contributed by atoms with van der Waals surface area (Å²) in [5.41, 5.74) is 8.61. The van der Waals surface area contributed by atoms with Crippen molar-refractivity contribution in [2.45, 2.75) is 32.7 Å². The summed E-state index contributed by atoms with van der Waals surface area (Å²) in [7, 11) is 0. The van der Waals surface area contributed by atoms with E-state index < -0.39 is 0 Å². The van der Waals surface area contributed by atoms with Gasteiger partial charge in [0.05, 0.1) is 17.1 Å². The topological polar surface area (TPSA) is 67.6 Å². The molecule has 3 rings (SSSR count). The van der Waals surface area contributed by atoms with Gasteiger partial charge < -0.3 is 20.7 Å². The highest BCUT2D eigenvalue weighted by Gasteiger charge is 2.26. The van der Waals surface area contributed by atoms with E-state index in [2.05, 4.69) is 24.1 Å². The highest BCUT2D eigenvalue weighted by atomic mass is 16.5. The molecular formula is C15H21N3O2. The quantitative estimate of drug-likeness (QED) is 0.771. The Balaban J connectivity index is 1.96. The number of benzene rings is 1. The van der Waals surface area contributed by atoms with Crippen molar-refractivity contribution < 1.29 is 9.53 Å². The lowest BCUT2D eigenvalue weighted by molar-refractivity contribution is -0.118. The second-order valence-corrected chi connectivity index (χ2v) is 5.93. The first kappa shape index (κ1) is 13.1. The van der Waals surface area contributed by atoms with Crippen molar-refractivity contribution in [3.63, 3.8) is 0 Å². The van der Waals surface area contributed by atoms with Crippen LogP contribution in [0.25, 0.3) is 0 Å². The third kappa shape index (κ3) is 2.28. The van der Waals surface area contributed by atoms with Crippen molar-refractivity contribution in [3.8, 4) is 5.75 Å². The first-order valence-electron chi connectivity index (χ1n) is 7.17. The van der Waals surface area contributed by atoms with Crippen LogP contribution in [-0.2, 0) is 4.79 Å². The summed E-state index contributed by atoms with van der Waals surface area (Å²) in [6.45, 7) is 5.54. The Morgan fingerprint density at radius 1 is 1.35 bits per heavy atom. The zero-order valence-corrected chi connectivity index (χ0v) is 12.0. The molecule has 3 N–H and O–H groups in total. The molecule has 5 nitrogen and oxygen atoms in total. The number of anilines is 3. The van der Waals surface area contributed by atoms with Crippen molar-refractivity contribution in [3.05, 3.63) is 12.1 Å². The number of rotatable bonds is 1. The summed E-state index contributed by atoms with van der Waals surface area (Å²) in [5.74, 6) is 1.20. The lowest BCUT2D eigenvalue weighted by atomic mass is 9.94. The Bertz CT molecular complexity index is 544. The van der Waals surface area contributed by atoms with Gasteiger partial charge in [0.2, 0.25) is 0 Å². The van der Waals surface area contributed by atoms with Crippen LogP contribution in [0.15, 0.2) is 12.1 Å². The van der Waals surface area contributed by atoms with Gasteiger partial charge in [0.25, 0.3) is 5.91 Å². The minimum absolute atomic E-state index is 0.0585. The number of carbonyl (C=O) groups excluding carboxylic acids is 1. The largest absolute Gasteiger partial charge is 0.482 e. The van der Waals surface area contributed by atoms with Gasteiger partial charge in [-0.2, -0.15) is 0 Å². The SMILES string of the molecule is CC1CCC(C)N(c2cc3c(cc2N)OCC(=O)N3)C1. The zero-order chi connectivity index (χ0) is 14.3. The molecule has 0 spiro atoms. The van der Waals surface area contributed by atoms with Gasteiger partial charge >= 0.3 is 0 Å². The molecule has 2 aliphatic heterocycles. The lowest BCUT2D eigenvalue weighted by Gasteiger charge is -2.39. The third-order valence-electron chi connectivity index (χ3n) is 4.19. The number of amides is 1. The summed E-state index contributed by atoms with van der Waals surface area (Å²) in [6, 6.07) is 4.22. The number of ether oxygens (including phenoxy) is 1. The number of nitrogen functional groups attached to an aromatic ring is 1. The van der Waals surface area contributed by atoms with E-state index in [9.17, 15) is 4.79 Å². The van der Waals surface area contributed by atoms with Crippen molar-refractivity contribution in [2.75, 3.05) is 29.1 Å². The maximum atomic E-state index is 11.4. The highest BCUT2D eigenvalue weighted by molar-refractivity contribution is 5.97. The normalized spacial score (nSPS) is 25.7. The molecule has 1 aromatic carbocycles. The molecular weight excluding hydrogens is 254 g/mol. The smallest absolute Gasteiger partial charge is 0.262 e. The van der Waals surface area contributed by atoms with Gasteiger partial charge in [0, 0.05) is 18.7 Å². The molecule has 2 heterocycles. The third-order valence-corrected chi connectivity index (χ3v) is 4.19. The predicted molar refractivity (Wildman–Crippen MR) is 80.2 cm³/mol. The van der Waals surface area contributed by atoms with Crippen molar-refractivity contribution in [2.24, 2.45) is 5.92 Å². The standard InChI is InChI=1S/C15H21N3O2/c1-9-3-4-10(2)18(7-9)13-6-12-14(5-11(13)16)20-8-15(19)17-12/h5-6,9-10H,3-4,7-8,16H2,1-2H3,(H,17,19). The molecule has 1 aromatic rings. The van der Waals surface area contributed by atoms with Crippen LogP contribution in [0.4, 0.5) is 17.1 Å². The van der Waals surface area contributed by atoms with Gasteiger partial charge in [-0.3, -0.25) is 4.79 Å². The molecule has 1 saturated heterocycles. The maximum absolute atomic E-state index is 11.4. The van der Waals surface area contributed by atoms with E-state index in [1.165, 1.54) is 12.8 Å². The Kier molecular flexibility index (Phi) is 3.20. The highest BCUT2D eigenvalue weighted by Crippen LogP contribution is 2.39. The Labute approximate surface area is 119 Å². The van der Waals surface area contributed by atoms with Gasteiger partial charge in [-0.05, 0) is 31.7 Å². The molecule has 0 aliphatic carbocycles. The van der Waals surface area contributed by atoms with Crippen LogP contribution in [0.2, 0.25) is 0 Å². The Morgan fingerprint density at radius 2 is 2.15 bits per heavy atom. The molecule has 0 radical (unpaired) electrons. The average Bonchev–Trinajstić information content (AvgIpc) is 2.41. The zero-order valence-electron chi connectivity index (χ0n) is 12.0. The molecule has 0 aromatic heterocycles. The summed E-state index contributed by atoms with van der Waals surface area (Å²) in [6.07, 6.45) is 2.42. The van der Waals surface area contributed by atoms with Crippen molar-refractivity contribution in [1.29, 1.82) is 0 Å². The molecule has 2 atom stereocenters. The number of hydrogen-bond donors (Lipinski definition) is 2. The van der Waals surface area contributed by atoms with Crippen molar-refractivity contribution in [1.82, 2.24) is 0 Å². The molecule has 2 aliphatic rings. The fraction of sp³-hybridized carbons (Fsp3) is 0.533. The second kappa shape index (κ2) is 4.89. The predicted octanol–water partition coefficient (Wildman–Crippen LogP) is 2.22. The van der Waals surface area contributed by atoms with E-state index in [1.54, 1.807) is 0 Å². The van der Waals surface area contributed by atoms with E-state index in [0.717, 1.165) is 17.9 Å². The summed E-state index contributed by atoms with van der Waals surface area (Å²) >= 11 is 0. The van der Waals surface area contributed by atoms with Crippen LogP contribution in [0.5, 0.6) is 5.75 Å². The lowest BCUT2D eigenvalue weighted by Crippen LogP contribution is -2.41. The van der Waals surface area contributed by atoms with Gasteiger partial charge in [-0.1, -0.05) is 6.92 Å². The van der Waals surface area contributed by atoms with Crippen LogP contribution in [0.3, 0.4) is 0 Å². The monoisotopic (exact) mass is 275 g/mol. The van der Waals surface area contributed by atoms with Crippen LogP contribution in [0.1, 0.15) is 26.7 Å². The minimum Gasteiger partial charge on any atom is -0.482 e. The van der Waals surface area contributed by atoms with Crippen molar-refractivity contribution >= 4 is 23.0 Å². The molecule has 5 heteroatoms. The molecule has 20 heavy (non-hydrogen) atoms. The van der Waals surface area contributed by atoms with Crippen LogP contribution >= 0.6 is 0 Å². The van der Waals surface area contributed by atoms with Gasteiger partial charge in [0.1, 0.15) is 5.75 Å². The molecule has 1 fully saturated rings. The van der Waals surface area contributed by atoms with E-state index in [4.69, 9.17) is 10.5 Å². The number of carbonyl (C=O) groups is 1. The molecule has 0 saturated carbocycles. The van der Waals surface area contributed by atoms with Crippen LogP contribution in [0, 0.1) is 5.92 Å². The molecule has 1 amide bonds. The number of nitrogens with two attached hydrogens (primary N) is 1. The molecule has 2 unspecified atom stereocenters. The molecule has 0 bridgehead atoms. The Morgan fingerprint density at radius 3 is 2.95 bits per heavy atom. The van der Waals surface area contributed by atoms with Gasteiger partial charge in [-0.25, -0.2) is 0 Å². The number of nitrogens with one attached hydrogen (secondary N) is 1. The average molecular weight is 275 g/mol. The fourth-order valence-electron chi connectivity index (χ4n) is 3.00. The number of hydrogen-bond acceptors (Lipinski definition) is 4. The van der Waals surface area contributed by atoms with E-state index in [0.29, 0.717) is 23.4 Å². The number of nitrogens with zero attached hydrogens (tertiary/aromatic N) is 1. The number of fused-ring (bicyclic) bond motifs is 1. The summed E-state index contributed by atoms with van der Waals surface area (Å²) in [5, 5.41) is 2.85.